The summed E-state index contributed by atoms with van der Waals surface area (Å²) in [5.41, 5.74) is 7.43. The van der Waals surface area contributed by atoms with Gasteiger partial charge in [0.25, 0.3) is 5.91 Å². The van der Waals surface area contributed by atoms with Crippen LogP contribution in [0.25, 0.3) is 11.1 Å². The van der Waals surface area contributed by atoms with Crippen molar-refractivity contribution in [1.82, 2.24) is 29.2 Å². The van der Waals surface area contributed by atoms with Crippen molar-refractivity contribution < 1.29 is 14.6 Å². The lowest BCUT2D eigenvalue weighted by Crippen LogP contribution is -2.40. The van der Waals surface area contributed by atoms with Crippen molar-refractivity contribution in [3.8, 4) is 22.9 Å². The number of pyridine rings is 1. The van der Waals surface area contributed by atoms with Gasteiger partial charge < -0.3 is 19.3 Å². The number of hydrogen-bond acceptors (Lipinski definition) is 7. The van der Waals surface area contributed by atoms with E-state index in [2.05, 4.69) is 31.8 Å². The van der Waals surface area contributed by atoms with Gasteiger partial charge in [0.2, 0.25) is 0 Å². The maximum absolute atomic E-state index is 14.2. The number of imidazole rings is 1. The number of nitrogens with zero attached hydrogens (tertiary/aromatic N) is 7. The summed E-state index contributed by atoms with van der Waals surface area (Å²) in [6.07, 6.45) is 6.15. The molecular weight excluding hydrogens is 518 g/mol. The second-order valence-corrected chi connectivity index (χ2v) is 10.4. The molecule has 1 aliphatic rings. The Bertz CT molecular complexity index is 1650. The summed E-state index contributed by atoms with van der Waals surface area (Å²) in [6, 6.07) is 7.72. The number of aliphatic hydroxyl groups excluding tert-OH is 1. The first-order valence-corrected chi connectivity index (χ1v) is 13.9. The molecule has 4 aromatic rings. The Morgan fingerprint density at radius 2 is 1.93 bits per heavy atom. The van der Waals surface area contributed by atoms with Gasteiger partial charge in [-0.2, -0.15) is 10.4 Å². The summed E-state index contributed by atoms with van der Waals surface area (Å²) in [5, 5.41) is 23.5. The van der Waals surface area contributed by atoms with Crippen LogP contribution < -0.4 is 4.74 Å². The monoisotopic (exact) mass is 553 g/mol. The van der Waals surface area contributed by atoms with Crippen LogP contribution in [0.15, 0.2) is 36.8 Å². The Kier molecular flexibility index (Phi) is 7.90. The van der Waals surface area contributed by atoms with Crippen LogP contribution in [0, 0.1) is 32.1 Å². The number of ether oxygens (including phenoxy) is 1. The standard InChI is InChI=1S/C31H35N7O3/c1-6-41-30-13-29(33-15-24(30)14-32)21(4)38-8-7-25-26(28-18-37(9-10-39)35-20(28)3)11-23(12-27(25)31(38)40)17-36-16-19(2)34-22(36)5/h11-13,15-16,18,21,39H,6-10,17H2,1-5H3/t21-/m0/s1. The van der Waals surface area contributed by atoms with Gasteiger partial charge in [-0.15, -0.1) is 0 Å². The highest BCUT2D eigenvalue weighted by Gasteiger charge is 2.32. The van der Waals surface area contributed by atoms with E-state index in [1.165, 1.54) is 6.20 Å². The predicted molar refractivity (Wildman–Crippen MR) is 154 cm³/mol. The molecule has 0 bridgehead atoms. The van der Waals surface area contributed by atoms with Gasteiger partial charge in [0.05, 0.1) is 42.9 Å². The number of aliphatic hydroxyl groups is 1. The van der Waals surface area contributed by atoms with Crippen LogP contribution in [0.2, 0.25) is 0 Å². The van der Waals surface area contributed by atoms with E-state index in [1.807, 2.05) is 58.0 Å². The molecule has 10 nitrogen and oxygen atoms in total. The van der Waals surface area contributed by atoms with Crippen molar-refractivity contribution in [3.05, 3.63) is 81.9 Å². The van der Waals surface area contributed by atoms with Crippen molar-refractivity contribution in [2.45, 2.75) is 60.2 Å². The third-order valence-corrected chi connectivity index (χ3v) is 7.62. The number of carbonyl (C=O) groups excluding carboxylic acids is 1. The SMILES string of the molecule is CCOc1cc([C@H](C)N2CCc3c(cc(Cn4cc(C)nc4C)cc3-c3cn(CCO)nc3C)C2=O)ncc1C#N. The van der Waals surface area contributed by atoms with Crippen LogP contribution in [0.1, 0.15) is 69.8 Å². The molecule has 1 aliphatic heterocycles. The molecule has 0 unspecified atom stereocenters. The fourth-order valence-electron chi connectivity index (χ4n) is 5.60. The number of carbonyl (C=O) groups is 1. The van der Waals surface area contributed by atoms with Gasteiger partial charge in [0.15, 0.2) is 0 Å². The Balaban J connectivity index is 1.57. The number of rotatable bonds is 9. The molecular formula is C31H35N7O3. The van der Waals surface area contributed by atoms with E-state index >= 15 is 0 Å². The van der Waals surface area contributed by atoms with E-state index in [0.29, 0.717) is 55.2 Å². The third kappa shape index (κ3) is 5.45. The van der Waals surface area contributed by atoms with Crippen molar-refractivity contribution in [2.75, 3.05) is 19.8 Å². The number of aromatic nitrogens is 5. The predicted octanol–water partition coefficient (Wildman–Crippen LogP) is 4.14. The number of fused-ring (bicyclic) bond motifs is 1. The highest BCUT2D eigenvalue weighted by atomic mass is 16.5. The van der Waals surface area contributed by atoms with Gasteiger partial charge >= 0.3 is 0 Å². The first-order chi connectivity index (χ1) is 19.7. The molecule has 0 saturated carbocycles. The topological polar surface area (TPSA) is 122 Å². The molecule has 1 N–H and O–H groups in total. The Morgan fingerprint density at radius 3 is 2.61 bits per heavy atom. The highest BCUT2D eigenvalue weighted by Crippen LogP contribution is 2.36. The third-order valence-electron chi connectivity index (χ3n) is 7.62. The molecule has 10 heteroatoms. The Labute approximate surface area is 239 Å². The summed E-state index contributed by atoms with van der Waals surface area (Å²) in [4.78, 5) is 25.0. The number of amides is 1. The fraction of sp³-hybridized carbons (Fsp3) is 0.387. The molecule has 0 fully saturated rings. The summed E-state index contributed by atoms with van der Waals surface area (Å²) in [5.74, 6) is 1.32. The second-order valence-electron chi connectivity index (χ2n) is 10.4. The molecule has 1 aromatic carbocycles. The van der Waals surface area contributed by atoms with Crippen molar-refractivity contribution in [3.63, 3.8) is 0 Å². The molecule has 0 spiro atoms. The molecule has 212 valence electrons. The van der Waals surface area contributed by atoms with E-state index in [1.54, 1.807) is 10.7 Å². The number of benzene rings is 1. The molecule has 1 amide bonds. The van der Waals surface area contributed by atoms with Gasteiger partial charge in [0.1, 0.15) is 23.2 Å². The van der Waals surface area contributed by atoms with Crippen LogP contribution in [0.4, 0.5) is 0 Å². The smallest absolute Gasteiger partial charge is 0.254 e. The first kappa shape index (κ1) is 28.1. The Morgan fingerprint density at radius 1 is 1.15 bits per heavy atom. The number of aryl methyl sites for hydroxylation is 3. The fourth-order valence-corrected chi connectivity index (χ4v) is 5.60. The van der Waals surface area contributed by atoms with Crippen LogP contribution >= 0.6 is 0 Å². The van der Waals surface area contributed by atoms with E-state index in [4.69, 9.17) is 4.74 Å². The summed E-state index contributed by atoms with van der Waals surface area (Å²) >= 11 is 0. The largest absolute Gasteiger partial charge is 0.492 e. The van der Waals surface area contributed by atoms with Crippen LogP contribution in [0.3, 0.4) is 0 Å². The van der Waals surface area contributed by atoms with Gasteiger partial charge in [-0.05, 0) is 69.9 Å². The number of nitriles is 1. The normalized spacial score (nSPS) is 13.7. The van der Waals surface area contributed by atoms with Crippen LogP contribution in [0.5, 0.6) is 5.75 Å². The van der Waals surface area contributed by atoms with Gasteiger partial charge in [-0.25, -0.2) is 4.98 Å². The van der Waals surface area contributed by atoms with E-state index in [-0.39, 0.29) is 18.6 Å². The van der Waals surface area contributed by atoms with Crippen LogP contribution in [-0.2, 0) is 19.5 Å². The molecule has 0 aliphatic carbocycles. The molecule has 0 saturated heterocycles. The van der Waals surface area contributed by atoms with Crippen molar-refractivity contribution in [2.24, 2.45) is 0 Å². The average molecular weight is 554 g/mol. The van der Waals surface area contributed by atoms with E-state index < -0.39 is 0 Å². The maximum atomic E-state index is 14.2. The van der Waals surface area contributed by atoms with Crippen molar-refractivity contribution in [1.29, 1.82) is 5.26 Å². The highest BCUT2D eigenvalue weighted by molar-refractivity contribution is 5.99. The number of hydrogen-bond donors (Lipinski definition) is 1. The molecule has 1 atom stereocenters. The lowest BCUT2D eigenvalue weighted by molar-refractivity contribution is 0.0669. The van der Waals surface area contributed by atoms with Crippen molar-refractivity contribution >= 4 is 5.91 Å². The molecule has 41 heavy (non-hydrogen) atoms. The van der Waals surface area contributed by atoms with Gasteiger partial charge in [0, 0.05) is 48.9 Å². The second kappa shape index (κ2) is 11.6. The van der Waals surface area contributed by atoms with E-state index in [0.717, 1.165) is 39.5 Å². The first-order valence-electron chi connectivity index (χ1n) is 13.9. The van der Waals surface area contributed by atoms with Crippen LogP contribution in [-0.4, -0.2) is 60.0 Å². The zero-order valence-corrected chi connectivity index (χ0v) is 24.2. The lowest BCUT2D eigenvalue weighted by atomic mass is 9.87. The minimum atomic E-state index is -0.317. The molecule has 3 aromatic heterocycles. The zero-order chi connectivity index (χ0) is 29.3. The van der Waals surface area contributed by atoms with Gasteiger partial charge in [-0.1, -0.05) is 0 Å². The quantitative estimate of drug-likeness (QED) is 0.331. The minimum absolute atomic E-state index is 0.00229. The molecule has 4 heterocycles. The Hall–Kier alpha value is -4.49. The maximum Gasteiger partial charge on any atom is 0.254 e. The van der Waals surface area contributed by atoms with Gasteiger partial charge in [-0.3, -0.25) is 14.5 Å². The minimum Gasteiger partial charge on any atom is -0.492 e. The summed E-state index contributed by atoms with van der Waals surface area (Å²) < 4.78 is 9.51. The lowest BCUT2D eigenvalue weighted by Gasteiger charge is -2.34. The summed E-state index contributed by atoms with van der Waals surface area (Å²) in [7, 11) is 0. The zero-order valence-electron chi connectivity index (χ0n) is 24.2. The molecule has 5 rings (SSSR count). The average Bonchev–Trinajstić information content (AvgIpc) is 3.48. The van der Waals surface area contributed by atoms with E-state index in [9.17, 15) is 15.2 Å². The molecule has 0 radical (unpaired) electrons. The summed E-state index contributed by atoms with van der Waals surface area (Å²) in [6.45, 7) is 11.7.